The third-order valence-electron chi connectivity index (χ3n) is 1.99. The molecule has 0 aromatic heterocycles. The molecule has 0 saturated heterocycles. The average molecular weight is 195 g/mol. The van der Waals surface area contributed by atoms with Crippen LogP contribution < -0.4 is 4.90 Å². The van der Waals surface area contributed by atoms with Gasteiger partial charge in [-0.1, -0.05) is 17.7 Å². The molecule has 0 bridgehead atoms. The fraction of sp³-hybridized carbons (Fsp3) is 0.300. The molecule has 0 heterocycles. The molecule has 0 aliphatic carbocycles. The number of hydrogen-bond donors (Lipinski definition) is 0. The summed E-state index contributed by atoms with van der Waals surface area (Å²) in [5.74, 6) is 0. The van der Waals surface area contributed by atoms with Crippen molar-refractivity contribution in [2.24, 2.45) is 0 Å². The Balaban J connectivity index is 3.22. The Labute approximate surface area is 83.3 Å². The normalized spacial score (nSPS) is 9.38. The zero-order valence-electron chi connectivity index (χ0n) is 7.71. The van der Waals surface area contributed by atoms with Crippen molar-refractivity contribution in [2.45, 2.75) is 6.92 Å². The molecule has 3 heteroatoms. The van der Waals surface area contributed by atoms with Crippen LogP contribution in [0.5, 0.6) is 0 Å². The van der Waals surface area contributed by atoms with Gasteiger partial charge in [0.2, 0.25) is 0 Å². The van der Waals surface area contributed by atoms with Crippen LogP contribution in [0.1, 0.15) is 12.5 Å². The standard InChI is InChI=1S/C10H11ClN2/c1-3-13(2)10-6-4-5-9(11)8(10)7-12/h4-6H,3H2,1-2H3. The molecular weight excluding hydrogens is 184 g/mol. The first-order valence-corrected chi connectivity index (χ1v) is 4.48. The molecular formula is C10H11ClN2. The van der Waals surface area contributed by atoms with E-state index in [1.165, 1.54) is 0 Å². The zero-order valence-corrected chi connectivity index (χ0v) is 8.47. The number of anilines is 1. The Kier molecular flexibility index (Phi) is 3.16. The maximum Gasteiger partial charge on any atom is 0.103 e. The molecule has 0 amide bonds. The van der Waals surface area contributed by atoms with E-state index in [9.17, 15) is 0 Å². The van der Waals surface area contributed by atoms with Crippen molar-refractivity contribution < 1.29 is 0 Å². The van der Waals surface area contributed by atoms with E-state index in [2.05, 4.69) is 6.07 Å². The summed E-state index contributed by atoms with van der Waals surface area (Å²) in [5, 5.41) is 9.40. The van der Waals surface area contributed by atoms with Gasteiger partial charge in [-0.25, -0.2) is 0 Å². The number of nitrogens with zero attached hydrogens (tertiary/aromatic N) is 2. The maximum atomic E-state index is 8.88. The lowest BCUT2D eigenvalue weighted by Crippen LogP contribution is -2.16. The molecule has 1 aromatic rings. The van der Waals surface area contributed by atoms with E-state index in [4.69, 9.17) is 16.9 Å². The lowest BCUT2D eigenvalue weighted by atomic mass is 10.2. The van der Waals surface area contributed by atoms with Crippen molar-refractivity contribution in [3.8, 4) is 6.07 Å². The maximum absolute atomic E-state index is 8.88. The monoisotopic (exact) mass is 194 g/mol. The van der Waals surface area contributed by atoms with Gasteiger partial charge >= 0.3 is 0 Å². The van der Waals surface area contributed by atoms with E-state index in [0.717, 1.165) is 12.2 Å². The molecule has 0 atom stereocenters. The van der Waals surface area contributed by atoms with Crippen LogP contribution in [0.15, 0.2) is 18.2 Å². The first kappa shape index (κ1) is 9.88. The number of hydrogen-bond acceptors (Lipinski definition) is 2. The molecule has 0 radical (unpaired) electrons. The predicted octanol–water partition coefficient (Wildman–Crippen LogP) is 2.67. The van der Waals surface area contributed by atoms with Crippen LogP contribution in [-0.4, -0.2) is 13.6 Å². The van der Waals surface area contributed by atoms with Crippen molar-refractivity contribution >= 4 is 17.3 Å². The van der Waals surface area contributed by atoms with Crippen LogP contribution in [0, 0.1) is 11.3 Å². The molecule has 0 fully saturated rings. The largest absolute Gasteiger partial charge is 0.374 e. The fourth-order valence-corrected chi connectivity index (χ4v) is 1.32. The summed E-state index contributed by atoms with van der Waals surface area (Å²) < 4.78 is 0. The summed E-state index contributed by atoms with van der Waals surface area (Å²) in [4.78, 5) is 1.99. The first-order chi connectivity index (χ1) is 6.20. The zero-order chi connectivity index (χ0) is 9.84. The Morgan fingerprint density at radius 1 is 1.54 bits per heavy atom. The summed E-state index contributed by atoms with van der Waals surface area (Å²) in [5.41, 5.74) is 1.44. The van der Waals surface area contributed by atoms with Gasteiger partial charge in [-0.2, -0.15) is 5.26 Å². The van der Waals surface area contributed by atoms with E-state index in [-0.39, 0.29) is 0 Å². The van der Waals surface area contributed by atoms with Crippen LogP contribution in [-0.2, 0) is 0 Å². The van der Waals surface area contributed by atoms with Gasteiger partial charge < -0.3 is 4.90 Å². The Morgan fingerprint density at radius 3 is 2.77 bits per heavy atom. The molecule has 0 spiro atoms. The summed E-state index contributed by atoms with van der Waals surface area (Å²) in [7, 11) is 1.94. The second-order valence-electron chi connectivity index (χ2n) is 2.76. The van der Waals surface area contributed by atoms with Crippen LogP contribution in [0.4, 0.5) is 5.69 Å². The molecule has 0 saturated carbocycles. The highest BCUT2D eigenvalue weighted by molar-refractivity contribution is 6.32. The van der Waals surface area contributed by atoms with Crippen molar-refractivity contribution in [3.63, 3.8) is 0 Å². The molecule has 0 unspecified atom stereocenters. The quantitative estimate of drug-likeness (QED) is 0.724. The molecule has 1 aromatic carbocycles. The van der Waals surface area contributed by atoms with Gasteiger partial charge in [0.1, 0.15) is 6.07 Å². The van der Waals surface area contributed by atoms with Gasteiger partial charge in [-0.15, -0.1) is 0 Å². The van der Waals surface area contributed by atoms with Crippen molar-refractivity contribution in [1.82, 2.24) is 0 Å². The van der Waals surface area contributed by atoms with Gasteiger partial charge in [0, 0.05) is 13.6 Å². The lowest BCUT2D eigenvalue weighted by Gasteiger charge is -2.18. The molecule has 0 aliphatic heterocycles. The van der Waals surface area contributed by atoms with E-state index in [0.29, 0.717) is 10.6 Å². The van der Waals surface area contributed by atoms with E-state index in [1.54, 1.807) is 6.07 Å². The molecule has 1 rings (SSSR count). The SMILES string of the molecule is CCN(C)c1cccc(Cl)c1C#N. The van der Waals surface area contributed by atoms with E-state index >= 15 is 0 Å². The van der Waals surface area contributed by atoms with Crippen molar-refractivity contribution in [2.75, 3.05) is 18.5 Å². The molecule has 13 heavy (non-hydrogen) atoms. The highest BCUT2D eigenvalue weighted by Gasteiger charge is 2.08. The minimum Gasteiger partial charge on any atom is -0.374 e. The smallest absolute Gasteiger partial charge is 0.103 e. The van der Waals surface area contributed by atoms with Crippen LogP contribution in [0.3, 0.4) is 0 Å². The van der Waals surface area contributed by atoms with Crippen LogP contribution >= 0.6 is 11.6 Å². The minimum absolute atomic E-state index is 0.514. The Morgan fingerprint density at radius 2 is 2.23 bits per heavy atom. The highest BCUT2D eigenvalue weighted by atomic mass is 35.5. The number of benzene rings is 1. The van der Waals surface area contributed by atoms with Gasteiger partial charge in [0.15, 0.2) is 0 Å². The second kappa shape index (κ2) is 4.15. The summed E-state index contributed by atoms with van der Waals surface area (Å²) in [6.07, 6.45) is 0. The van der Waals surface area contributed by atoms with Crippen molar-refractivity contribution in [1.29, 1.82) is 5.26 Å². The number of halogens is 1. The Bertz CT molecular complexity index is 341. The molecule has 0 N–H and O–H groups in total. The molecule has 0 aliphatic rings. The summed E-state index contributed by atoms with van der Waals surface area (Å²) in [6, 6.07) is 7.58. The average Bonchev–Trinajstić information content (AvgIpc) is 2.16. The third kappa shape index (κ3) is 1.93. The van der Waals surface area contributed by atoms with Gasteiger partial charge in [-0.05, 0) is 19.1 Å². The summed E-state index contributed by atoms with van der Waals surface area (Å²) in [6.45, 7) is 2.89. The second-order valence-corrected chi connectivity index (χ2v) is 3.17. The van der Waals surface area contributed by atoms with Crippen molar-refractivity contribution in [3.05, 3.63) is 28.8 Å². The van der Waals surface area contributed by atoms with Gasteiger partial charge in [0.05, 0.1) is 16.3 Å². The lowest BCUT2D eigenvalue weighted by molar-refractivity contribution is 0.965. The number of rotatable bonds is 2. The predicted molar refractivity (Wildman–Crippen MR) is 55.1 cm³/mol. The number of nitriles is 1. The summed E-state index contributed by atoms with van der Waals surface area (Å²) >= 11 is 5.88. The Hall–Kier alpha value is -1.20. The van der Waals surface area contributed by atoms with Crippen LogP contribution in [0.25, 0.3) is 0 Å². The minimum atomic E-state index is 0.514. The molecule has 68 valence electrons. The first-order valence-electron chi connectivity index (χ1n) is 4.10. The highest BCUT2D eigenvalue weighted by Crippen LogP contribution is 2.25. The molecule has 2 nitrogen and oxygen atoms in total. The van der Waals surface area contributed by atoms with E-state index in [1.807, 2.05) is 31.0 Å². The van der Waals surface area contributed by atoms with Gasteiger partial charge in [0.25, 0.3) is 0 Å². The van der Waals surface area contributed by atoms with Crippen LogP contribution in [0.2, 0.25) is 5.02 Å². The van der Waals surface area contributed by atoms with Gasteiger partial charge in [-0.3, -0.25) is 0 Å². The third-order valence-corrected chi connectivity index (χ3v) is 2.30. The van der Waals surface area contributed by atoms with E-state index < -0.39 is 0 Å². The fourth-order valence-electron chi connectivity index (χ4n) is 1.11. The topological polar surface area (TPSA) is 27.0 Å².